The van der Waals surface area contributed by atoms with Crippen molar-refractivity contribution in [1.29, 1.82) is 0 Å². The summed E-state index contributed by atoms with van der Waals surface area (Å²) in [5.41, 5.74) is 2.42. The van der Waals surface area contributed by atoms with Gasteiger partial charge in [0.1, 0.15) is 0 Å². The summed E-state index contributed by atoms with van der Waals surface area (Å²) in [4.78, 5) is 5.96. The Balaban J connectivity index is 2.16. The third-order valence-corrected chi connectivity index (χ3v) is 4.71. The van der Waals surface area contributed by atoms with Gasteiger partial charge in [-0.2, -0.15) is 0 Å². The number of halogens is 1. The molecule has 2 rings (SSSR count). The molecular weight excluding hydrogens is 288 g/mol. The van der Waals surface area contributed by atoms with Crippen molar-refractivity contribution in [1.82, 2.24) is 10.3 Å². The summed E-state index contributed by atoms with van der Waals surface area (Å²) in [7, 11) is 0. The summed E-state index contributed by atoms with van der Waals surface area (Å²) in [6, 6.07) is 8.41. The van der Waals surface area contributed by atoms with Crippen LogP contribution in [0.4, 0.5) is 0 Å². The molecular formula is C16H21ClN2S. The molecule has 1 unspecified atom stereocenters. The largest absolute Gasteiger partial charge is 0.310 e. The van der Waals surface area contributed by atoms with E-state index in [1.54, 1.807) is 11.3 Å². The van der Waals surface area contributed by atoms with E-state index in [1.807, 2.05) is 12.1 Å². The Kier molecular flexibility index (Phi) is 5.58. The maximum atomic E-state index is 5.97. The zero-order valence-electron chi connectivity index (χ0n) is 12.2. The average Bonchev–Trinajstić information content (AvgIpc) is 2.74. The van der Waals surface area contributed by atoms with Gasteiger partial charge >= 0.3 is 0 Å². The quantitative estimate of drug-likeness (QED) is 0.837. The van der Waals surface area contributed by atoms with Crippen molar-refractivity contribution in [3.63, 3.8) is 0 Å². The van der Waals surface area contributed by atoms with Crippen LogP contribution in [0, 0.1) is 13.8 Å². The molecule has 0 saturated carbocycles. The van der Waals surface area contributed by atoms with Crippen LogP contribution in [0.3, 0.4) is 0 Å². The van der Waals surface area contributed by atoms with Crippen molar-refractivity contribution in [3.05, 3.63) is 50.4 Å². The zero-order valence-corrected chi connectivity index (χ0v) is 13.8. The summed E-state index contributed by atoms with van der Waals surface area (Å²) >= 11 is 7.77. The maximum Gasteiger partial charge on any atom is 0.0949 e. The fraction of sp³-hybridized carbons (Fsp3) is 0.438. The van der Waals surface area contributed by atoms with Gasteiger partial charge in [0, 0.05) is 22.4 Å². The monoisotopic (exact) mass is 308 g/mol. The Morgan fingerprint density at radius 1 is 1.25 bits per heavy atom. The van der Waals surface area contributed by atoms with E-state index in [9.17, 15) is 0 Å². The van der Waals surface area contributed by atoms with E-state index in [0.29, 0.717) is 6.04 Å². The third-order valence-electron chi connectivity index (χ3n) is 3.36. The fourth-order valence-corrected chi connectivity index (χ4v) is 3.23. The number of aryl methyl sites for hydroxylation is 2. The van der Waals surface area contributed by atoms with Gasteiger partial charge in [0.15, 0.2) is 0 Å². The first-order valence-electron chi connectivity index (χ1n) is 7.02. The highest BCUT2D eigenvalue weighted by molar-refractivity contribution is 7.11. The minimum atomic E-state index is 0.303. The van der Waals surface area contributed by atoms with Crippen molar-refractivity contribution >= 4 is 22.9 Å². The highest BCUT2D eigenvalue weighted by atomic mass is 35.5. The molecule has 0 bridgehead atoms. The Hall–Kier alpha value is -0.900. The molecule has 0 amide bonds. The molecule has 1 aromatic heterocycles. The Morgan fingerprint density at radius 2 is 1.95 bits per heavy atom. The van der Waals surface area contributed by atoms with Gasteiger partial charge < -0.3 is 5.32 Å². The van der Waals surface area contributed by atoms with Gasteiger partial charge in [0.25, 0.3) is 0 Å². The molecule has 2 nitrogen and oxygen atoms in total. The second-order valence-corrected chi connectivity index (χ2v) is 6.74. The lowest BCUT2D eigenvalue weighted by molar-refractivity contribution is 0.528. The molecule has 4 heteroatoms. The summed E-state index contributed by atoms with van der Waals surface area (Å²) in [6.45, 7) is 7.40. The third kappa shape index (κ3) is 4.05. The first-order valence-corrected chi connectivity index (χ1v) is 8.21. The maximum absolute atomic E-state index is 5.97. The number of rotatable bonds is 6. The highest BCUT2D eigenvalue weighted by Crippen LogP contribution is 2.24. The van der Waals surface area contributed by atoms with Gasteiger partial charge in [0.05, 0.1) is 10.7 Å². The van der Waals surface area contributed by atoms with E-state index in [1.165, 1.54) is 15.4 Å². The molecule has 2 aromatic rings. The highest BCUT2D eigenvalue weighted by Gasteiger charge is 2.14. The van der Waals surface area contributed by atoms with E-state index in [0.717, 1.165) is 30.1 Å². The zero-order chi connectivity index (χ0) is 14.5. The number of thiazole rings is 1. The van der Waals surface area contributed by atoms with E-state index in [4.69, 9.17) is 11.6 Å². The molecule has 0 saturated heterocycles. The van der Waals surface area contributed by atoms with Crippen LogP contribution in [-0.2, 0) is 6.42 Å². The van der Waals surface area contributed by atoms with Gasteiger partial charge in [-0.1, -0.05) is 30.7 Å². The topological polar surface area (TPSA) is 24.9 Å². The van der Waals surface area contributed by atoms with E-state index in [2.05, 4.69) is 43.2 Å². The lowest BCUT2D eigenvalue weighted by Crippen LogP contribution is -2.24. The fourth-order valence-electron chi connectivity index (χ4n) is 2.12. The molecule has 1 atom stereocenters. The molecule has 1 N–H and O–H groups in total. The normalized spacial score (nSPS) is 12.6. The lowest BCUT2D eigenvalue weighted by Gasteiger charge is -2.18. The Labute approximate surface area is 130 Å². The van der Waals surface area contributed by atoms with Crippen molar-refractivity contribution in [3.8, 4) is 0 Å². The minimum Gasteiger partial charge on any atom is -0.310 e. The van der Waals surface area contributed by atoms with Crippen LogP contribution >= 0.6 is 22.9 Å². The number of aromatic nitrogens is 1. The van der Waals surface area contributed by atoms with Crippen LogP contribution in [0.1, 0.15) is 40.5 Å². The molecule has 0 aliphatic rings. The van der Waals surface area contributed by atoms with Crippen molar-refractivity contribution in [2.75, 3.05) is 6.54 Å². The van der Waals surface area contributed by atoms with Gasteiger partial charge in [-0.25, -0.2) is 4.98 Å². The SMILES string of the molecule is CCCNC(Cc1nc(C)c(C)s1)c1ccc(Cl)cc1. The summed E-state index contributed by atoms with van der Waals surface area (Å²) in [5.74, 6) is 0. The van der Waals surface area contributed by atoms with Gasteiger partial charge in [-0.15, -0.1) is 11.3 Å². The molecule has 108 valence electrons. The van der Waals surface area contributed by atoms with Crippen LogP contribution < -0.4 is 5.32 Å². The first kappa shape index (κ1) is 15.5. The second kappa shape index (κ2) is 7.21. The van der Waals surface area contributed by atoms with E-state index in [-0.39, 0.29) is 0 Å². The Morgan fingerprint density at radius 3 is 2.50 bits per heavy atom. The van der Waals surface area contributed by atoms with E-state index < -0.39 is 0 Å². The number of hydrogen-bond acceptors (Lipinski definition) is 3. The van der Waals surface area contributed by atoms with Gasteiger partial charge in [-0.3, -0.25) is 0 Å². The molecule has 0 spiro atoms. The van der Waals surface area contributed by atoms with Gasteiger partial charge in [0.2, 0.25) is 0 Å². The van der Waals surface area contributed by atoms with Crippen LogP contribution in [0.2, 0.25) is 5.02 Å². The van der Waals surface area contributed by atoms with Gasteiger partial charge in [-0.05, 0) is 44.5 Å². The smallest absolute Gasteiger partial charge is 0.0949 e. The lowest BCUT2D eigenvalue weighted by atomic mass is 10.0. The molecule has 20 heavy (non-hydrogen) atoms. The number of nitrogens with one attached hydrogen (secondary N) is 1. The van der Waals surface area contributed by atoms with Crippen LogP contribution in [0.25, 0.3) is 0 Å². The molecule has 0 fully saturated rings. The molecule has 1 aromatic carbocycles. The first-order chi connectivity index (χ1) is 9.60. The second-order valence-electron chi connectivity index (χ2n) is 5.01. The van der Waals surface area contributed by atoms with Crippen molar-refractivity contribution in [2.24, 2.45) is 0 Å². The number of hydrogen-bond donors (Lipinski definition) is 1. The molecule has 1 heterocycles. The molecule has 0 aliphatic heterocycles. The van der Waals surface area contributed by atoms with E-state index >= 15 is 0 Å². The standard InChI is InChI=1S/C16H21ClN2S/c1-4-9-18-15(13-5-7-14(17)8-6-13)10-16-19-11(2)12(3)20-16/h5-8,15,18H,4,9-10H2,1-3H3. The number of nitrogens with zero attached hydrogens (tertiary/aromatic N) is 1. The Bertz CT molecular complexity index is 529. The molecule has 0 aliphatic carbocycles. The predicted octanol–water partition coefficient (Wildman–Crippen LogP) is 4.70. The average molecular weight is 309 g/mol. The summed E-state index contributed by atoms with van der Waals surface area (Å²) in [6.07, 6.45) is 2.06. The van der Waals surface area contributed by atoms with Crippen molar-refractivity contribution in [2.45, 2.75) is 39.7 Å². The van der Waals surface area contributed by atoms with Crippen LogP contribution in [0.5, 0.6) is 0 Å². The van der Waals surface area contributed by atoms with Crippen molar-refractivity contribution < 1.29 is 0 Å². The number of benzene rings is 1. The van der Waals surface area contributed by atoms with Crippen LogP contribution in [-0.4, -0.2) is 11.5 Å². The summed E-state index contributed by atoms with van der Waals surface area (Å²) in [5, 5.41) is 5.59. The molecule has 0 radical (unpaired) electrons. The summed E-state index contributed by atoms with van der Waals surface area (Å²) < 4.78 is 0. The van der Waals surface area contributed by atoms with Crippen LogP contribution in [0.15, 0.2) is 24.3 Å². The predicted molar refractivity (Wildman–Crippen MR) is 87.8 cm³/mol. The minimum absolute atomic E-state index is 0.303.